The van der Waals surface area contributed by atoms with E-state index in [4.69, 9.17) is 9.47 Å². The lowest BCUT2D eigenvalue weighted by atomic mass is 10.0. The first-order valence-corrected chi connectivity index (χ1v) is 9.32. The van der Waals surface area contributed by atoms with Crippen LogP contribution in [0.2, 0.25) is 0 Å². The van der Waals surface area contributed by atoms with Gasteiger partial charge in [0.1, 0.15) is 0 Å². The van der Waals surface area contributed by atoms with Crippen LogP contribution in [0.15, 0.2) is 30.3 Å². The summed E-state index contributed by atoms with van der Waals surface area (Å²) >= 11 is 0. The Morgan fingerprint density at radius 3 is 2.65 bits per heavy atom. The van der Waals surface area contributed by atoms with Crippen molar-refractivity contribution in [3.63, 3.8) is 0 Å². The molecule has 23 heavy (non-hydrogen) atoms. The van der Waals surface area contributed by atoms with E-state index in [0.29, 0.717) is 38.2 Å². The van der Waals surface area contributed by atoms with E-state index < -0.39 is 16.1 Å². The molecule has 0 spiro atoms. The zero-order chi connectivity index (χ0) is 16.7. The summed E-state index contributed by atoms with van der Waals surface area (Å²) in [7, 11) is -1.94. The molecule has 0 saturated carbocycles. The van der Waals surface area contributed by atoms with Gasteiger partial charge in [-0.1, -0.05) is 30.3 Å². The molecule has 1 heterocycles. The van der Waals surface area contributed by atoms with Gasteiger partial charge in [-0.15, -0.1) is 0 Å². The van der Waals surface area contributed by atoms with E-state index in [9.17, 15) is 13.2 Å². The quantitative estimate of drug-likeness (QED) is 0.500. The molecule has 1 atom stereocenters. The van der Waals surface area contributed by atoms with Crippen molar-refractivity contribution in [2.45, 2.75) is 18.9 Å². The van der Waals surface area contributed by atoms with Gasteiger partial charge >= 0.3 is 0 Å². The Bertz CT molecular complexity index is 602. The number of methoxy groups -OCH3 is 1. The highest BCUT2D eigenvalue weighted by atomic mass is 32.2. The fourth-order valence-corrected chi connectivity index (χ4v) is 4.21. The van der Waals surface area contributed by atoms with Crippen LogP contribution in [-0.4, -0.2) is 63.8 Å². The highest BCUT2D eigenvalue weighted by Crippen LogP contribution is 2.24. The number of carbonyl (C=O) groups excluding carboxylic acids is 1. The minimum atomic E-state index is -3.50. The molecule has 1 aromatic rings. The number of nitrogens with zero attached hydrogens (tertiary/aromatic N) is 1. The molecule has 1 saturated heterocycles. The molecular formula is C16H23NO5S. The molecule has 128 valence electrons. The van der Waals surface area contributed by atoms with Crippen LogP contribution in [0, 0.1) is 0 Å². The normalized spacial score (nSPS) is 19.1. The largest absolute Gasteiger partial charge is 0.382 e. The summed E-state index contributed by atoms with van der Waals surface area (Å²) in [5, 5.41) is 0. The lowest BCUT2D eigenvalue weighted by Gasteiger charge is -2.23. The molecular weight excluding hydrogens is 318 g/mol. The fraction of sp³-hybridized carbons (Fsp3) is 0.562. The second-order valence-corrected chi connectivity index (χ2v) is 7.46. The van der Waals surface area contributed by atoms with Gasteiger partial charge in [-0.3, -0.25) is 4.79 Å². The van der Waals surface area contributed by atoms with E-state index in [1.807, 2.05) is 6.07 Å². The molecule has 6 nitrogen and oxygen atoms in total. The minimum absolute atomic E-state index is 0.106. The summed E-state index contributed by atoms with van der Waals surface area (Å²) < 4.78 is 36.4. The van der Waals surface area contributed by atoms with Crippen LogP contribution in [-0.2, 0) is 19.5 Å². The third-order valence-corrected chi connectivity index (χ3v) is 5.67. The molecule has 1 fully saturated rings. The molecule has 1 aromatic carbocycles. The Morgan fingerprint density at radius 2 is 1.96 bits per heavy atom. The van der Waals surface area contributed by atoms with E-state index in [1.54, 1.807) is 31.4 Å². The van der Waals surface area contributed by atoms with E-state index in [-0.39, 0.29) is 18.1 Å². The maximum atomic E-state index is 12.6. The highest BCUT2D eigenvalue weighted by molar-refractivity contribution is 7.89. The number of ketones is 1. The number of ether oxygens (including phenoxy) is 2. The first kappa shape index (κ1) is 18.1. The van der Waals surface area contributed by atoms with Gasteiger partial charge in [0.05, 0.1) is 31.6 Å². The van der Waals surface area contributed by atoms with Crippen LogP contribution in [0.1, 0.15) is 23.2 Å². The summed E-state index contributed by atoms with van der Waals surface area (Å²) in [5.74, 6) is -0.248. The van der Waals surface area contributed by atoms with Crippen molar-refractivity contribution in [2.75, 3.05) is 39.2 Å². The maximum absolute atomic E-state index is 12.6. The van der Waals surface area contributed by atoms with Crippen LogP contribution in [0.3, 0.4) is 0 Å². The van der Waals surface area contributed by atoms with Gasteiger partial charge in [0.2, 0.25) is 10.0 Å². The predicted octanol–water partition coefficient (Wildman–Crippen LogP) is 1.33. The maximum Gasteiger partial charge on any atom is 0.217 e. The van der Waals surface area contributed by atoms with E-state index >= 15 is 0 Å². The molecule has 7 heteroatoms. The lowest BCUT2D eigenvalue weighted by Crippen LogP contribution is -2.42. The number of rotatable bonds is 9. The number of benzene rings is 1. The SMILES string of the molecule is COCCOCCS(=O)(=O)N1CCCC1C(=O)c1ccccc1. The Labute approximate surface area is 137 Å². The number of carbonyl (C=O) groups is 1. The Hall–Kier alpha value is -1.28. The molecule has 1 aliphatic heterocycles. The molecule has 0 amide bonds. The number of Topliss-reactive ketones (excluding diaryl/α,β-unsaturated/α-hetero) is 1. The van der Waals surface area contributed by atoms with Gasteiger partial charge in [0.15, 0.2) is 5.78 Å². The summed E-state index contributed by atoms with van der Waals surface area (Å²) in [6.45, 7) is 1.29. The van der Waals surface area contributed by atoms with Gasteiger partial charge in [0.25, 0.3) is 0 Å². The third kappa shape index (κ3) is 4.84. The molecule has 1 unspecified atom stereocenters. The Balaban J connectivity index is 1.98. The van der Waals surface area contributed by atoms with Crippen LogP contribution in [0.25, 0.3) is 0 Å². The number of sulfonamides is 1. The van der Waals surface area contributed by atoms with Crippen LogP contribution in [0.4, 0.5) is 0 Å². The number of hydrogen-bond donors (Lipinski definition) is 0. The standard InChI is InChI=1S/C16H23NO5S/c1-21-10-11-22-12-13-23(19,20)17-9-5-8-15(17)16(18)14-6-3-2-4-7-14/h2-4,6-7,15H,5,8-13H2,1H3. The molecule has 0 radical (unpaired) electrons. The van der Waals surface area contributed by atoms with E-state index in [0.717, 1.165) is 0 Å². The Morgan fingerprint density at radius 1 is 1.22 bits per heavy atom. The molecule has 1 aliphatic rings. The van der Waals surface area contributed by atoms with Crippen molar-refractivity contribution in [2.24, 2.45) is 0 Å². The zero-order valence-corrected chi connectivity index (χ0v) is 14.1. The van der Waals surface area contributed by atoms with Crippen LogP contribution in [0.5, 0.6) is 0 Å². The predicted molar refractivity (Wildman–Crippen MR) is 87.0 cm³/mol. The first-order chi connectivity index (χ1) is 11.1. The average Bonchev–Trinajstić information content (AvgIpc) is 3.05. The van der Waals surface area contributed by atoms with Crippen molar-refractivity contribution >= 4 is 15.8 Å². The topological polar surface area (TPSA) is 72.9 Å². The van der Waals surface area contributed by atoms with E-state index in [2.05, 4.69) is 0 Å². The summed E-state index contributed by atoms with van der Waals surface area (Å²) in [4.78, 5) is 12.6. The van der Waals surface area contributed by atoms with Crippen LogP contribution < -0.4 is 0 Å². The zero-order valence-electron chi connectivity index (χ0n) is 13.3. The fourth-order valence-electron chi connectivity index (χ4n) is 2.66. The van der Waals surface area contributed by atoms with Gasteiger partial charge in [-0.05, 0) is 12.8 Å². The van der Waals surface area contributed by atoms with Crippen molar-refractivity contribution in [1.29, 1.82) is 0 Å². The molecule has 0 N–H and O–H groups in total. The molecule has 0 aromatic heterocycles. The summed E-state index contributed by atoms with van der Waals surface area (Å²) in [6, 6.07) is 8.24. The number of hydrogen-bond acceptors (Lipinski definition) is 5. The van der Waals surface area contributed by atoms with Gasteiger partial charge in [0, 0.05) is 19.2 Å². The van der Waals surface area contributed by atoms with Gasteiger partial charge in [-0.25, -0.2) is 8.42 Å². The molecule has 0 aliphatic carbocycles. The highest BCUT2D eigenvalue weighted by Gasteiger charge is 2.38. The lowest BCUT2D eigenvalue weighted by molar-refractivity contribution is 0.0779. The van der Waals surface area contributed by atoms with Crippen molar-refractivity contribution in [1.82, 2.24) is 4.31 Å². The smallest absolute Gasteiger partial charge is 0.217 e. The summed E-state index contributed by atoms with van der Waals surface area (Å²) in [5.41, 5.74) is 0.552. The average molecular weight is 341 g/mol. The molecule has 2 rings (SSSR count). The van der Waals surface area contributed by atoms with E-state index in [1.165, 1.54) is 4.31 Å². The summed E-state index contributed by atoms with van der Waals surface area (Å²) in [6.07, 6.45) is 1.27. The van der Waals surface area contributed by atoms with Crippen molar-refractivity contribution in [3.05, 3.63) is 35.9 Å². The third-order valence-electron chi connectivity index (χ3n) is 3.84. The van der Waals surface area contributed by atoms with Crippen molar-refractivity contribution < 1.29 is 22.7 Å². The second-order valence-electron chi connectivity index (χ2n) is 5.42. The van der Waals surface area contributed by atoms with Crippen LogP contribution >= 0.6 is 0 Å². The second kappa shape index (κ2) is 8.54. The minimum Gasteiger partial charge on any atom is -0.382 e. The monoisotopic (exact) mass is 341 g/mol. The first-order valence-electron chi connectivity index (χ1n) is 7.72. The molecule has 0 bridgehead atoms. The van der Waals surface area contributed by atoms with Gasteiger partial charge < -0.3 is 9.47 Å². The van der Waals surface area contributed by atoms with Gasteiger partial charge in [-0.2, -0.15) is 4.31 Å². The van der Waals surface area contributed by atoms with Crippen molar-refractivity contribution in [3.8, 4) is 0 Å². The Kier molecular flexibility index (Phi) is 6.71.